The van der Waals surface area contributed by atoms with Crippen molar-refractivity contribution in [2.75, 3.05) is 60.2 Å². The second-order valence-corrected chi connectivity index (χ2v) is 8.47. The molecule has 0 spiro atoms. The fourth-order valence-electron chi connectivity index (χ4n) is 3.29. The lowest BCUT2D eigenvalue weighted by molar-refractivity contribution is -0.0646. The number of hydrogen-bond acceptors (Lipinski definition) is 6. The summed E-state index contributed by atoms with van der Waals surface area (Å²) in [7, 11) is 4.05. The molecule has 1 heterocycles. The minimum absolute atomic E-state index is 0.141. The Balaban J connectivity index is 1.54. The van der Waals surface area contributed by atoms with Gasteiger partial charge in [-0.25, -0.2) is 0 Å². The zero-order valence-corrected chi connectivity index (χ0v) is 18.5. The van der Waals surface area contributed by atoms with Gasteiger partial charge in [-0.1, -0.05) is 29.8 Å². The van der Waals surface area contributed by atoms with Crippen LogP contribution in [-0.2, 0) is 11.3 Å². The lowest BCUT2D eigenvalue weighted by Gasteiger charge is -2.30. The van der Waals surface area contributed by atoms with Crippen molar-refractivity contribution < 1.29 is 19.3 Å². The molecule has 0 aliphatic carbocycles. The first-order valence-corrected chi connectivity index (χ1v) is 10.6. The number of aliphatic hydroxyl groups is 1. The number of β-amino-alcohol motifs (C(OH)–C–C–N with tert-alkyl or cyclic N) is 1. The molecule has 6 nitrogen and oxygen atoms in total. The van der Waals surface area contributed by atoms with E-state index < -0.39 is 5.60 Å². The molecule has 1 aliphatic heterocycles. The van der Waals surface area contributed by atoms with Gasteiger partial charge >= 0.3 is 0 Å². The molecule has 1 aliphatic rings. The zero-order valence-electron chi connectivity index (χ0n) is 17.7. The molecule has 0 bridgehead atoms. The molecule has 1 saturated heterocycles. The van der Waals surface area contributed by atoms with Crippen molar-refractivity contribution >= 4 is 11.6 Å². The van der Waals surface area contributed by atoms with Crippen LogP contribution in [0.3, 0.4) is 0 Å². The molecule has 1 fully saturated rings. The van der Waals surface area contributed by atoms with Crippen LogP contribution in [0.25, 0.3) is 0 Å². The molecular formula is C23H31ClN2O4. The molecule has 1 N–H and O–H groups in total. The smallest absolute Gasteiger partial charge is 0.134 e. The van der Waals surface area contributed by atoms with E-state index in [4.69, 9.17) is 25.8 Å². The molecule has 0 saturated carbocycles. The van der Waals surface area contributed by atoms with Gasteiger partial charge in [0.1, 0.15) is 30.3 Å². The van der Waals surface area contributed by atoms with Gasteiger partial charge in [-0.3, -0.25) is 4.90 Å². The number of benzene rings is 2. The van der Waals surface area contributed by atoms with Crippen molar-refractivity contribution in [3.05, 3.63) is 59.1 Å². The monoisotopic (exact) mass is 434 g/mol. The lowest BCUT2D eigenvalue weighted by Crippen LogP contribution is -2.48. The van der Waals surface area contributed by atoms with Crippen LogP contribution < -0.4 is 9.47 Å². The quantitative estimate of drug-likeness (QED) is 0.655. The summed E-state index contributed by atoms with van der Waals surface area (Å²) in [6.45, 7) is 4.44. The van der Waals surface area contributed by atoms with E-state index in [2.05, 4.69) is 21.9 Å². The van der Waals surface area contributed by atoms with Gasteiger partial charge in [0, 0.05) is 31.2 Å². The average Bonchev–Trinajstić information content (AvgIpc) is 2.89. The Morgan fingerprint density at radius 2 is 1.93 bits per heavy atom. The number of hydrogen-bond donors (Lipinski definition) is 1. The fraction of sp³-hybridized carbons (Fsp3) is 0.478. The first kappa shape index (κ1) is 22.8. The maximum absolute atomic E-state index is 11.1. The maximum atomic E-state index is 11.1. The molecule has 7 heteroatoms. The van der Waals surface area contributed by atoms with Gasteiger partial charge in [0.2, 0.25) is 0 Å². The number of ether oxygens (including phenoxy) is 3. The SMILES string of the molecule is CN(C)CCOc1ccc(CN2CCOC[C@@](O)(COc3cccc(Cl)c3)C2)cc1. The highest BCUT2D eigenvalue weighted by Gasteiger charge is 2.33. The van der Waals surface area contributed by atoms with E-state index in [9.17, 15) is 5.11 Å². The summed E-state index contributed by atoms with van der Waals surface area (Å²) in [5.74, 6) is 1.50. The highest BCUT2D eigenvalue weighted by Crippen LogP contribution is 2.21. The van der Waals surface area contributed by atoms with Crippen LogP contribution in [0.15, 0.2) is 48.5 Å². The number of halogens is 1. The minimum Gasteiger partial charge on any atom is -0.492 e. The summed E-state index contributed by atoms with van der Waals surface area (Å²) in [5, 5.41) is 11.7. The van der Waals surface area contributed by atoms with Crippen molar-refractivity contribution in [3.8, 4) is 11.5 Å². The Bertz CT molecular complexity index is 787. The van der Waals surface area contributed by atoms with Crippen LogP contribution >= 0.6 is 11.6 Å². The lowest BCUT2D eigenvalue weighted by atomic mass is 10.1. The van der Waals surface area contributed by atoms with E-state index >= 15 is 0 Å². The topological polar surface area (TPSA) is 54.4 Å². The van der Waals surface area contributed by atoms with E-state index in [0.717, 1.165) is 30.9 Å². The molecular weight excluding hydrogens is 404 g/mol. The second-order valence-electron chi connectivity index (χ2n) is 8.03. The van der Waals surface area contributed by atoms with E-state index in [1.807, 2.05) is 38.4 Å². The predicted molar refractivity (Wildman–Crippen MR) is 118 cm³/mol. The molecule has 1 atom stereocenters. The summed E-state index contributed by atoms with van der Waals surface area (Å²) < 4.78 is 17.2. The molecule has 30 heavy (non-hydrogen) atoms. The third kappa shape index (κ3) is 7.45. The Morgan fingerprint density at radius 3 is 2.67 bits per heavy atom. The van der Waals surface area contributed by atoms with Gasteiger partial charge in [0.25, 0.3) is 0 Å². The van der Waals surface area contributed by atoms with Gasteiger partial charge in [0.15, 0.2) is 0 Å². The van der Waals surface area contributed by atoms with Crippen LogP contribution in [0.1, 0.15) is 5.56 Å². The number of likely N-dealkylation sites (N-methyl/N-ethyl adjacent to an activating group) is 1. The van der Waals surface area contributed by atoms with Gasteiger partial charge < -0.3 is 24.2 Å². The predicted octanol–water partition coefficient (Wildman–Crippen LogP) is 2.92. The fourth-order valence-corrected chi connectivity index (χ4v) is 3.47. The number of nitrogens with zero attached hydrogens (tertiary/aromatic N) is 2. The summed E-state index contributed by atoms with van der Waals surface area (Å²) >= 11 is 6.01. The minimum atomic E-state index is -1.09. The van der Waals surface area contributed by atoms with Crippen LogP contribution in [0.4, 0.5) is 0 Å². The molecule has 0 aromatic heterocycles. The molecule has 0 amide bonds. The van der Waals surface area contributed by atoms with E-state index in [0.29, 0.717) is 30.5 Å². The standard InChI is InChI=1S/C23H31ClN2O4/c1-25(2)10-13-29-21-8-6-19(7-9-21)15-26-11-12-28-17-23(27,16-26)18-30-22-5-3-4-20(24)14-22/h3-9,14,27H,10-13,15-18H2,1-2H3/t23-/m1/s1. The molecule has 2 aromatic rings. The first-order valence-electron chi connectivity index (χ1n) is 10.2. The van der Waals surface area contributed by atoms with Crippen LogP contribution in [0.5, 0.6) is 11.5 Å². The molecule has 0 radical (unpaired) electrons. The second kappa shape index (κ2) is 11.0. The van der Waals surface area contributed by atoms with Crippen LogP contribution in [-0.4, -0.2) is 80.7 Å². The van der Waals surface area contributed by atoms with E-state index in [1.165, 1.54) is 0 Å². The molecule has 164 valence electrons. The zero-order chi connectivity index (χ0) is 21.4. The van der Waals surface area contributed by atoms with Crippen LogP contribution in [0.2, 0.25) is 5.02 Å². The van der Waals surface area contributed by atoms with E-state index in [-0.39, 0.29) is 13.2 Å². The Kier molecular flexibility index (Phi) is 8.36. The Labute approximate surface area is 183 Å². The average molecular weight is 435 g/mol. The summed E-state index contributed by atoms with van der Waals surface area (Å²) in [5.41, 5.74) is 0.0728. The van der Waals surface area contributed by atoms with Crippen molar-refractivity contribution in [2.45, 2.75) is 12.1 Å². The van der Waals surface area contributed by atoms with Crippen molar-refractivity contribution in [1.29, 1.82) is 0 Å². The van der Waals surface area contributed by atoms with Crippen molar-refractivity contribution in [1.82, 2.24) is 9.80 Å². The third-order valence-electron chi connectivity index (χ3n) is 4.88. The molecule has 2 aromatic carbocycles. The number of rotatable bonds is 9. The largest absolute Gasteiger partial charge is 0.492 e. The first-order chi connectivity index (χ1) is 14.4. The highest BCUT2D eigenvalue weighted by atomic mass is 35.5. The van der Waals surface area contributed by atoms with Gasteiger partial charge in [-0.05, 0) is 50.0 Å². The van der Waals surface area contributed by atoms with Gasteiger partial charge in [-0.15, -0.1) is 0 Å². The summed E-state index contributed by atoms with van der Waals surface area (Å²) in [4.78, 5) is 4.28. The van der Waals surface area contributed by atoms with E-state index in [1.54, 1.807) is 12.1 Å². The van der Waals surface area contributed by atoms with Gasteiger partial charge in [0.05, 0.1) is 13.2 Å². The Morgan fingerprint density at radius 1 is 1.13 bits per heavy atom. The van der Waals surface area contributed by atoms with Crippen molar-refractivity contribution in [2.24, 2.45) is 0 Å². The normalized spacial score (nSPS) is 20.2. The van der Waals surface area contributed by atoms with Crippen molar-refractivity contribution in [3.63, 3.8) is 0 Å². The Hall–Kier alpha value is -1.83. The molecule has 0 unspecified atom stereocenters. The maximum Gasteiger partial charge on any atom is 0.134 e. The third-order valence-corrected chi connectivity index (χ3v) is 5.12. The van der Waals surface area contributed by atoms with Crippen LogP contribution in [0, 0.1) is 0 Å². The molecule has 3 rings (SSSR count). The summed E-state index contributed by atoms with van der Waals surface area (Å²) in [6.07, 6.45) is 0. The highest BCUT2D eigenvalue weighted by molar-refractivity contribution is 6.30. The summed E-state index contributed by atoms with van der Waals surface area (Å²) in [6, 6.07) is 15.3. The van der Waals surface area contributed by atoms with Gasteiger partial charge in [-0.2, -0.15) is 0 Å².